The van der Waals surface area contributed by atoms with E-state index < -0.39 is 0 Å². The highest BCUT2D eigenvalue weighted by Gasteiger charge is 2.26. The summed E-state index contributed by atoms with van der Waals surface area (Å²) in [5, 5.41) is 0. The Balaban J connectivity index is 2.20. The van der Waals surface area contributed by atoms with Gasteiger partial charge in [0.05, 0.1) is 11.9 Å². The summed E-state index contributed by atoms with van der Waals surface area (Å²) < 4.78 is 0. The highest BCUT2D eigenvalue weighted by molar-refractivity contribution is 5.74. The van der Waals surface area contributed by atoms with Crippen molar-refractivity contribution in [2.45, 2.75) is 18.8 Å². The summed E-state index contributed by atoms with van der Waals surface area (Å²) in [6.07, 6.45) is 4.14. The number of aromatic amines is 1. The van der Waals surface area contributed by atoms with Gasteiger partial charge in [-0.05, 0) is 18.9 Å². The van der Waals surface area contributed by atoms with Gasteiger partial charge in [0.1, 0.15) is 11.3 Å². The molecular weight excluding hydrogens is 164 g/mol. The molecule has 66 valence electrons. The normalized spacial score (nSPS) is 16.6. The number of pyridine rings is 1. The van der Waals surface area contributed by atoms with Crippen LogP contribution in [0, 0.1) is 0 Å². The lowest BCUT2D eigenvalue weighted by molar-refractivity contribution is 0.983. The number of anilines is 1. The molecule has 1 fully saturated rings. The quantitative estimate of drug-likeness (QED) is 0.687. The van der Waals surface area contributed by atoms with Crippen LogP contribution in [0.1, 0.15) is 24.6 Å². The number of imidazole rings is 1. The summed E-state index contributed by atoms with van der Waals surface area (Å²) in [6.45, 7) is 0. The van der Waals surface area contributed by atoms with Gasteiger partial charge in [0.2, 0.25) is 0 Å². The number of H-pyrrole nitrogens is 1. The molecular formula is C9H10N4. The lowest BCUT2D eigenvalue weighted by atomic mass is 10.4. The van der Waals surface area contributed by atoms with E-state index >= 15 is 0 Å². The molecule has 2 aromatic rings. The van der Waals surface area contributed by atoms with Gasteiger partial charge >= 0.3 is 0 Å². The van der Waals surface area contributed by atoms with Gasteiger partial charge in [0, 0.05) is 5.92 Å². The number of fused-ring (bicyclic) bond motifs is 1. The van der Waals surface area contributed by atoms with Gasteiger partial charge in [-0.2, -0.15) is 0 Å². The number of nitrogens with one attached hydrogen (secondary N) is 1. The third kappa shape index (κ3) is 1.06. The van der Waals surface area contributed by atoms with Crippen molar-refractivity contribution in [1.29, 1.82) is 0 Å². The van der Waals surface area contributed by atoms with E-state index in [2.05, 4.69) is 15.0 Å². The van der Waals surface area contributed by atoms with Crippen molar-refractivity contribution in [3.05, 3.63) is 18.1 Å². The van der Waals surface area contributed by atoms with E-state index in [1.165, 1.54) is 12.8 Å². The molecule has 2 aromatic heterocycles. The van der Waals surface area contributed by atoms with Crippen LogP contribution < -0.4 is 5.73 Å². The third-order valence-corrected chi connectivity index (χ3v) is 2.34. The van der Waals surface area contributed by atoms with Gasteiger partial charge in [-0.15, -0.1) is 0 Å². The van der Waals surface area contributed by atoms with Crippen molar-refractivity contribution >= 4 is 16.9 Å². The first-order valence-corrected chi connectivity index (χ1v) is 4.44. The first-order valence-electron chi connectivity index (χ1n) is 4.44. The topological polar surface area (TPSA) is 67.6 Å². The minimum Gasteiger partial charge on any atom is -0.397 e. The number of nitrogens with two attached hydrogens (primary N) is 1. The van der Waals surface area contributed by atoms with E-state index in [-0.39, 0.29) is 0 Å². The highest BCUT2D eigenvalue weighted by Crippen LogP contribution is 2.38. The number of aromatic nitrogens is 3. The Labute approximate surface area is 75.2 Å². The maximum atomic E-state index is 5.61. The number of hydrogen-bond acceptors (Lipinski definition) is 3. The molecule has 0 radical (unpaired) electrons. The molecule has 0 aromatic carbocycles. The van der Waals surface area contributed by atoms with Gasteiger partial charge in [-0.25, -0.2) is 9.97 Å². The van der Waals surface area contributed by atoms with Crippen molar-refractivity contribution in [2.24, 2.45) is 0 Å². The fourth-order valence-electron chi connectivity index (χ4n) is 1.48. The molecule has 1 aliphatic rings. The van der Waals surface area contributed by atoms with E-state index in [4.69, 9.17) is 5.73 Å². The molecule has 1 aliphatic carbocycles. The fourth-order valence-corrected chi connectivity index (χ4v) is 1.48. The molecule has 0 aliphatic heterocycles. The van der Waals surface area contributed by atoms with Gasteiger partial charge in [-0.3, -0.25) is 0 Å². The maximum Gasteiger partial charge on any atom is 0.157 e. The summed E-state index contributed by atoms with van der Waals surface area (Å²) in [6, 6.07) is 1.85. The van der Waals surface area contributed by atoms with Gasteiger partial charge in [0.15, 0.2) is 5.65 Å². The molecule has 3 N–H and O–H groups in total. The van der Waals surface area contributed by atoms with Crippen LogP contribution in [0.3, 0.4) is 0 Å². The summed E-state index contributed by atoms with van der Waals surface area (Å²) in [5.41, 5.74) is 8.00. The zero-order valence-corrected chi connectivity index (χ0v) is 7.12. The Morgan fingerprint density at radius 3 is 3.08 bits per heavy atom. The number of hydrogen-bond donors (Lipinski definition) is 2. The molecule has 3 rings (SSSR count). The zero-order valence-electron chi connectivity index (χ0n) is 7.12. The van der Waals surface area contributed by atoms with Crippen LogP contribution in [0.2, 0.25) is 0 Å². The SMILES string of the molecule is Nc1cnc2[nH]c(C3CC3)nc2c1. The van der Waals surface area contributed by atoms with E-state index in [1.54, 1.807) is 6.20 Å². The van der Waals surface area contributed by atoms with Crippen molar-refractivity contribution in [2.75, 3.05) is 5.73 Å². The smallest absolute Gasteiger partial charge is 0.157 e. The fraction of sp³-hybridized carbons (Fsp3) is 0.333. The Hall–Kier alpha value is -1.58. The molecule has 0 atom stereocenters. The number of nitrogens with zero attached hydrogens (tertiary/aromatic N) is 2. The molecule has 4 nitrogen and oxygen atoms in total. The van der Waals surface area contributed by atoms with Crippen LogP contribution >= 0.6 is 0 Å². The molecule has 2 heterocycles. The molecule has 0 saturated heterocycles. The Bertz CT molecular complexity index is 456. The van der Waals surface area contributed by atoms with Gasteiger partial charge in [0.25, 0.3) is 0 Å². The first-order chi connectivity index (χ1) is 6.33. The third-order valence-electron chi connectivity index (χ3n) is 2.34. The van der Waals surface area contributed by atoms with Crippen LogP contribution in [0.15, 0.2) is 12.3 Å². The summed E-state index contributed by atoms with van der Waals surface area (Å²) in [7, 11) is 0. The van der Waals surface area contributed by atoms with Crippen molar-refractivity contribution in [3.8, 4) is 0 Å². The Kier molecular flexibility index (Phi) is 1.17. The molecule has 0 spiro atoms. The van der Waals surface area contributed by atoms with Crippen LogP contribution in [0.25, 0.3) is 11.2 Å². The predicted octanol–water partition coefficient (Wildman–Crippen LogP) is 1.42. The minimum absolute atomic E-state index is 0.635. The monoisotopic (exact) mass is 174 g/mol. The Morgan fingerprint density at radius 1 is 1.46 bits per heavy atom. The molecule has 0 unspecified atom stereocenters. The van der Waals surface area contributed by atoms with Crippen LogP contribution in [-0.4, -0.2) is 15.0 Å². The first kappa shape index (κ1) is 6.88. The van der Waals surface area contributed by atoms with Crippen molar-refractivity contribution in [1.82, 2.24) is 15.0 Å². The highest BCUT2D eigenvalue weighted by atomic mass is 15.0. The van der Waals surface area contributed by atoms with Crippen LogP contribution in [0.5, 0.6) is 0 Å². The standard InChI is InChI=1S/C9H10N4/c10-6-3-7-9(11-4-6)13-8(12-7)5-1-2-5/h3-5H,1-2,10H2,(H,11,12,13). The molecule has 0 bridgehead atoms. The molecule has 1 saturated carbocycles. The van der Waals surface area contributed by atoms with E-state index in [9.17, 15) is 0 Å². The second-order valence-corrected chi connectivity index (χ2v) is 3.53. The summed E-state index contributed by atoms with van der Waals surface area (Å²) in [4.78, 5) is 11.8. The average Bonchev–Trinajstić information content (AvgIpc) is 2.87. The van der Waals surface area contributed by atoms with Crippen LogP contribution in [-0.2, 0) is 0 Å². The van der Waals surface area contributed by atoms with Gasteiger partial charge < -0.3 is 10.7 Å². The van der Waals surface area contributed by atoms with Crippen molar-refractivity contribution < 1.29 is 0 Å². The molecule has 0 amide bonds. The largest absolute Gasteiger partial charge is 0.397 e. The second-order valence-electron chi connectivity index (χ2n) is 3.53. The maximum absolute atomic E-state index is 5.61. The summed E-state index contributed by atoms with van der Waals surface area (Å²) >= 11 is 0. The van der Waals surface area contributed by atoms with E-state index in [0.717, 1.165) is 17.0 Å². The van der Waals surface area contributed by atoms with Crippen molar-refractivity contribution in [3.63, 3.8) is 0 Å². The molecule has 13 heavy (non-hydrogen) atoms. The van der Waals surface area contributed by atoms with Crippen LogP contribution in [0.4, 0.5) is 5.69 Å². The number of rotatable bonds is 1. The average molecular weight is 174 g/mol. The Morgan fingerprint density at radius 2 is 2.31 bits per heavy atom. The molecule has 4 heteroatoms. The number of nitrogen functional groups attached to an aromatic ring is 1. The van der Waals surface area contributed by atoms with E-state index in [1.807, 2.05) is 6.07 Å². The summed E-state index contributed by atoms with van der Waals surface area (Å²) in [5.74, 6) is 1.70. The lowest BCUT2D eigenvalue weighted by Crippen LogP contribution is -1.85. The predicted molar refractivity (Wildman–Crippen MR) is 50.3 cm³/mol. The zero-order chi connectivity index (χ0) is 8.84. The lowest BCUT2D eigenvalue weighted by Gasteiger charge is -1.88. The van der Waals surface area contributed by atoms with Gasteiger partial charge in [-0.1, -0.05) is 0 Å². The van der Waals surface area contributed by atoms with E-state index in [0.29, 0.717) is 11.6 Å². The second kappa shape index (κ2) is 2.22. The minimum atomic E-state index is 0.635.